The summed E-state index contributed by atoms with van der Waals surface area (Å²) in [5.41, 5.74) is 0.115. The first-order valence-electron chi connectivity index (χ1n) is 8.73. The molecule has 0 fully saturated rings. The fraction of sp³-hybridized carbons (Fsp3) is 0.722. The van der Waals surface area contributed by atoms with Crippen LogP contribution in [0, 0.1) is 5.41 Å². The zero-order chi connectivity index (χ0) is 17.1. The summed E-state index contributed by atoms with van der Waals surface area (Å²) in [5.74, 6) is 0.966. The molecule has 0 saturated carbocycles. The van der Waals surface area contributed by atoms with Gasteiger partial charge in [-0.2, -0.15) is 0 Å². The number of hydrogen-bond donors (Lipinski definition) is 2. The Morgan fingerprint density at radius 3 is 2.61 bits per heavy atom. The van der Waals surface area contributed by atoms with Crippen molar-refractivity contribution >= 4 is 17.3 Å². The highest BCUT2D eigenvalue weighted by Crippen LogP contribution is 2.30. The summed E-state index contributed by atoms with van der Waals surface area (Å²) in [6, 6.07) is 4.29. The van der Waals surface area contributed by atoms with Gasteiger partial charge in [0, 0.05) is 38.2 Å². The monoisotopic (exact) mass is 339 g/mol. The number of nitrogens with one attached hydrogen (secondary N) is 1. The minimum absolute atomic E-state index is 0.115. The van der Waals surface area contributed by atoms with Crippen molar-refractivity contribution in [1.82, 2.24) is 10.2 Å². The molecule has 0 amide bonds. The molecule has 0 saturated heterocycles. The predicted molar refractivity (Wildman–Crippen MR) is 101 cm³/mol. The van der Waals surface area contributed by atoms with E-state index < -0.39 is 0 Å². The summed E-state index contributed by atoms with van der Waals surface area (Å²) in [4.78, 5) is 8.48. The molecule has 0 unspecified atom stereocenters. The van der Waals surface area contributed by atoms with Crippen LogP contribution >= 0.6 is 11.3 Å². The summed E-state index contributed by atoms with van der Waals surface area (Å²) in [6.45, 7) is 9.33. The molecule has 1 aromatic rings. The van der Waals surface area contributed by atoms with Crippen molar-refractivity contribution in [2.24, 2.45) is 10.4 Å². The average molecular weight is 340 g/mol. The molecule has 132 valence electrons. The van der Waals surface area contributed by atoms with E-state index in [4.69, 9.17) is 4.99 Å². The first kappa shape index (κ1) is 20.0. The number of nitrogens with zero attached hydrogens (tertiary/aromatic N) is 2. The lowest BCUT2D eigenvalue weighted by Gasteiger charge is -2.30. The van der Waals surface area contributed by atoms with Gasteiger partial charge in [-0.15, -0.1) is 11.3 Å². The largest absolute Gasteiger partial charge is 0.396 e. The van der Waals surface area contributed by atoms with E-state index in [1.165, 1.54) is 4.88 Å². The molecule has 4 nitrogen and oxygen atoms in total. The predicted octanol–water partition coefficient (Wildman–Crippen LogP) is 3.38. The first-order chi connectivity index (χ1) is 11.1. The van der Waals surface area contributed by atoms with E-state index in [2.05, 4.69) is 55.5 Å². The normalized spacial score (nSPS) is 12.5. The molecule has 0 spiro atoms. The van der Waals surface area contributed by atoms with Gasteiger partial charge < -0.3 is 15.3 Å². The topological polar surface area (TPSA) is 47.9 Å². The van der Waals surface area contributed by atoms with E-state index in [-0.39, 0.29) is 12.0 Å². The molecule has 1 rings (SSSR count). The molecule has 0 bridgehead atoms. The van der Waals surface area contributed by atoms with Crippen molar-refractivity contribution in [3.8, 4) is 0 Å². The van der Waals surface area contributed by atoms with Gasteiger partial charge in [0.1, 0.15) is 0 Å². The Bertz CT molecular complexity index is 441. The van der Waals surface area contributed by atoms with Crippen LogP contribution in [0.3, 0.4) is 0 Å². The Hall–Kier alpha value is -1.07. The van der Waals surface area contributed by atoms with Crippen molar-refractivity contribution in [2.45, 2.75) is 46.5 Å². The molecule has 2 N–H and O–H groups in total. The van der Waals surface area contributed by atoms with Crippen LogP contribution in [-0.4, -0.2) is 49.3 Å². The number of thiophene rings is 1. The molecular formula is C18H33N3OS. The average Bonchev–Trinajstić information content (AvgIpc) is 3.08. The number of aliphatic hydroxyl groups is 1. The maximum absolute atomic E-state index is 9.36. The van der Waals surface area contributed by atoms with Crippen LogP contribution in [-0.2, 0) is 6.42 Å². The van der Waals surface area contributed by atoms with Gasteiger partial charge >= 0.3 is 0 Å². The molecule has 0 aliphatic rings. The van der Waals surface area contributed by atoms with E-state index in [1.807, 2.05) is 0 Å². The SMILES string of the molecule is CCNC(=NCC(CC)(CC)CCO)N(C)CCc1cccs1. The molecule has 1 heterocycles. The fourth-order valence-corrected chi connectivity index (χ4v) is 3.39. The molecule has 0 atom stereocenters. The highest BCUT2D eigenvalue weighted by atomic mass is 32.1. The third-order valence-electron chi connectivity index (χ3n) is 4.68. The van der Waals surface area contributed by atoms with Gasteiger partial charge in [-0.1, -0.05) is 19.9 Å². The van der Waals surface area contributed by atoms with Gasteiger partial charge in [0.25, 0.3) is 0 Å². The van der Waals surface area contributed by atoms with E-state index in [0.717, 1.165) is 51.3 Å². The third kappa shape index (κ3) is 6.51. The van der Waals surface area contributed by atoms with Gasteiger partial charge in [-0.05, 0) is 49.5 Å². The molecule has 0 radical (unpaired) electrons. The molecule has 1 aromatic heterocycles. The lowest BCUT2D eigenvalue weighted by atomic mass is 9.79. The minimum Gasteiger partial charge on any atom is -0.396 e. The van der Waals surface area contributed by atoms with Crippen molar-refractivity contribution in [1.29, 1.82) is 0 Å². The number of guanidine groups is 1. The number of likely N-dealkylation sites (N-methyl/N-ethyl adjacent to an activating group) is 1. The highest BCUT2D eigenvalue weighted by Gasteiger charge is 2.25. The number of aliphatic hydroxyl groups excluding tert-OH is 1. The quantitative estimate of drug-likeness (QED) is 0.507. The molecule has 0 aliphatic carbocycles. The first-order valence-corrected chi connectivity index (χ1v) is 9.61. The third-order valence-corrected chi connectivity index (χ3v) is 5.61. The molecular weight excluding hydrogens is 306 g/mol. The second-order valence-corrected chi connectivity index (χ2v) is 7.13. The van der Waals surface area contributed by atoms with Gasteiger partial charge in [-0.3, -0.25) is 4.99 Å². The Kier molecular flexibility index (Phi) is 9.26. The van der Waals surface area contributed by atoms with Gasteiger partial charge in [0.15, 0.2) is 5.96 Å². The molecule has 5 heteroatoms. The van der Waals surface area contributed by atoms with E-state index in [9.17, 15) is 5.11 Å². The minimum atomic E-state index is 0.115. The van der Waals surface area contributed by atoms with E-state index in [1.54, 1.807) is 11.3 Å². The molecule has 0 aromatic carbocycles. The van der Waals surface area contributed by atoms with Crippen LogP contribution in [0.1, 0.15) is 44.9 Å². The highest BCUT2D eigenvalue weighted by molar-refractivity contribution is 7.09. The van der Waals surface area contributed by atoms with Gasteiger partial charge in [0.2, 0.25) is 0 Å². The Balaban J connectivity index is 2.70. The summed E-state index contributed by atoms with van der Waals surface area (Å²) < 4.78 is 0. The summed E-state index contributed by atoms with van der Waals surface area (Å²) in [7, 11) is 2.10. The fourth-order valence-electron chi connectivity index (χ4n) is 2.69. The molecule has 0 aliphatic heterocycles. The lowest BCUT2D eigenvalue weighted by Crippen LogP contribution is -2.41. The number of rotatable bonds is 10. The second kappa shape index (κ2) is 10.7. The van der Waals surface area contributed by atoms with E-state index in [0.29, 0.717) is 0 Å². The summed E-state index contributed by atoms with van der Waals surface area (Å²) in [6.07, 6.45) is 3.96. The smallest absolute Gasteiger partial charge is 0.193 e. The summed E-state index contributed by atoms with van der Waals surface area (Å²) >= 11 is 1.81. The van der Waals surface area contributed by atoms with Gasteiger partial charge in [-0.25, -0.2) is 0 Å². The Morgan fingerprint density at radius 1 is 1.35 bits per heavy atom. The van der Waals surface area contributed by atoms with Crippen LogP contribution in [0.2, 0.25) is 0 Å². The van der Waals surface area contributed by atoms with Gasteiger partial charge in [0.05, 0.1) is 0 Å². The van der Waals surface area contributed by atoms with Crippen LogP contribution in [0.4, 0.5) is 0 Å². The van der Waals surface area contributed by atoms with Crippen LogP contribution in [0.15, 0.2) is 22.5 Å². The zero-order valence-corrected chi connectivity index (χ0v) is 16.0. The Labute approximate surface area is 145 Å². The van der Waals surface area contributed by atoms with Crippen molar-refractivity contribution in [3.05, 3.63) is 22.4 Å². The zero-order valence-electron chi connectivity index (χ0n) is 15.1. The number of aliphatic imine (C=N–C) groups is 1. The van der Waals surface area contributed by atoms with Crippen LogP contribution < -0.4 is 5.32 Å². The van der Waals surface area contributed by atoms with Crippen LogP contribution in [0.25, 0.3) is 0 Å². The van der Waals surface area contributed by atoms with Crippen molar-refractivity contribution in [3.63, 3.8) is 0 Å². The maximum atomic E-state index is 9.36. The standard InChI is InChI=1S/C18H33N3OS/c1-5-18(6-2,11-13-22)15-20-17(19-7-3)21(4)12-10-16-9-8-14-23-16/h8-9,14,22H,5-7,10-13,15H2,1-4H3,(H,19,20). The molecule has 23 heavy (non-hydrogen) atoms. The Morgan fingerprint density at radius 2 is 2.09 bits per heavy atom. The van der Waals surface area contributed by atoms with Crippen LogP contribution in [0.5, 0.6) is 0 Å². The van der Waals surface area contributed by atoms with Crippen molar-refractivity contribution in [2.75, 3.05) is 33.3 Å². The number of hydrogen-bond acceptors (Lipinski definition) is 3. The van der Waals surface area contributed by atoms with Crippen molar-refractivity contribution < 1.29 is 5.11 Å². The summed E-state index contributed by atoms with van der Waals surface area (Å²) in [5, 5.41) is 14.9. The van der Waals surface area contributed by atoms with E-state index >= 15 is 0 Å². The second-order valence-electron chi connectivity index (χ2n) is 6.10. The maximum Gasteiger partial charge on any atom is 0.193 e. The lowest BCUT2D eigenvalue weighted by molar-refractivity contribution is 0.175.